The van der Waals surface area contributed by atoms with Gasteiger partial charge in [0.05, 0.1) is 0 Å². The molecule has 0 rings (SSSR count). The molecule has 0 bridgehead atoms. The molecular formula is C2FeN3NaO2. The van der Waals surface area contributed by atoms with Crippen molar-refractivity contribution in [2.75, 3.05) is 0 Å². The third kappa shape index (κ3) is 27200. The summed E-state index contributed by atoms with van der Waals surface area (Å²) in [5.41, 5.74) is 0. The second-order valence-corrected chi connectivity index (χ2v) is 0.0745. The van der Waals surface area contributed by atoms with Gasteiger partial charge in [-0.15, -0.1) is 5.34 Å². The van der Waals surface area contributed by atoms with Crippen LogP contribution in [-0.2, 0) is 17.1 Å². The molecule has 0 aromatic heterocycles. The summed E-state index contributed by atoms with van der Waals surface area (Å²) in [7, 11) is 0. The quantitative estimate of drug-likeness (QED) is 0.176. The minimum absolute atomic E-state index is 0. The molecule has 0 aromatic carbocycles. The summed E-state index contributed by atoms with van der Waals surface area (Å²) in [5.74, 6) is 0. The minimum Gasteiger partial charge on any atom is -0.512 e. The molecule has 0 aliphatic carbocycles. The zero-order chi connectivity index (χ0) is 6.71. The average Bonchev–Trinajstić information content (AvgIpc) is 1.78. The maximum absolute atomic E-state index is 8.00. The van der Waals surface area contributed by atoms with Gasteiger partial charge in [-0.3, -0.25) is 0 Å². The Kier molecular flexibility index (Phi) is 1890. The molecule has 0 spiro atoms. The fourth-order valence-electron chi connectivity index (χ4n) is 0. The van der Waals surface area contributed by atoms with Crippen LogP contribution >= 0.6 is 0 Å². The van der Waals surface area contributed by atoms with Gasteiger partial charge in [0, 0.05) is 0 Å². The van der Waals surface area contributed by atoms with Crippen molar-refractivity contribution >= 4 is 0 Å². The van der Waals surface area contributed by atoms with Crippen LogP contribution in [0.5, 0.6) is 0 Å². The van der Waals surface area contributed by atoms with Gasteiger partial charge in [0.25, 0.3) is 0 Å². The van der Waals surface area contributed by atoms with E-state index in [4.69, 9.17) is 33.8 Å². The van der Waals surface area contributed by atoms with Crippen molar-refractivity contribution < 1.29 is 46.6 Å². The molecule has 0 saturated heterocycles. The van der Waals surface area contributed by atoms with E-state index in [9.17, 15) is 0 Å². The number of nitrogens with zero attached hydrogens (tertiary/aromatic N) is 3. The van der Waals surface area contributed by atoms with Crippen LogP contribution < -0.4 is 29.6 Å². The van der Waals surface area contributed by atoms with Crippen LogP contribution in [0.25, 0.3) is 0 Å². The van der Waals surface area contributed by atoms with Gasteiger partial charge >= 0.3 is 46.6 Å². The summed E-state index contributed by atoms with van der Waals surface area (Å²) in [6, 6.07) is 0. The molecule has 0 fully saturated rings. The van der Waals surface area contributed by atoms with E-state index in [1.54, 1.807) is 0 Å². The van der Waals surface area contributed by atoms with Crippen LogP contribution in [0.4, 0.5) is 0 Å². The molecular weight excluding hydrogens is 177 g/mol. The van der Waals surface area contributed by atoms with Gasteiger partial charge < -0.3 is 33.8 Å². The molecule has 0 atom stereocenters. The predicted octanol–water partition coefficient (Wildman–Crippen LogP) is -2.56. The van der Waals surface area contributed by atoms with Crippen LogP contribution in [0.3, 0.4) is 0 Å². The van der Waals surface area contributed by atoms with E-state index in [-0.39, 0.29) is 46.6 Å². The summed E-state index contributed by atoms with van der Waals surface area (Å²) < 4.78 is 0. The van der Waals surface area contributed by atoms with Gasteiger partial charge in [0.2, 0.25) is 0 Å². The summed E-state index contributed by atoms with van der Waals surface area (Å²) in [6.45, 7) is 9.50. The van der Waals surface area contributed by atoms with Crippen molar-refractivity contribution in [3.05, 3.63) is 23.3 Å². The van der Waals surface area contributed by atoms with Crippen molar-refractivity contribution in [3.63, 3.8) is 0 Å². The van der Waals surface area contributed by atoms with Crippen molar-refractivity contribution in [2.45, 2.75) is 0 Å². The second-order valence-electron chi connectivity index (χ2n) is 0.0745. The van der Waals surface area contributed by atoms with E-state index in [2.05, 4.69) is 0 Å². The van der Waals surface area contributed by atoms with E-state index in [1.165, 1.54) is 0 Å². The van der Waals surface area contributed by atoms with Crippen LogP contribution in [0.15, 0.2) is 5.34 Å². The van der Waals surface area contributed by atoms with Gasteiger partial charge in [0.1, 0.15) is 0 Å². The summed E-state index contributed by atoms with van der Waals surface area (Å²) in [4.78, 5) is 8.00. The standard InChI is InChI=1S/2CN.Fe.HNO2.Na/c2*1-2;;2-1-3;/h;;;(H,2,3);/q2*-1;+2;;+1/p-1. The predicted molar refractivity (Wildman–Crippen MR) is 19.1 cm³/mol. The maximum atomic E-state index is 8.00. The molecule has 0 amide bonds. The van der Waals surface area contributed by atoms with Crippen molar-refractivity contribution in [1.29, 1.82) is 10.5 Å². The summed E-state index contributed by atoms with van der Waals surface area (Å²) in [5, 5.41) is 21.5. The smallest absolute Gasteiger partial charge is 0.512 e. The minimum atomic E-state index is 0. The molecule has 0 heterocycles. The van der Waals surface area contributed by atoms with E-state index < -0.39 is 0 Å². The molecule has 9 heavy (non-hydrogen) atoms. The molecule has 0 unspecified atom stereocenters. The van der Waals surface area contributed by atoms with Gasteiger partial charge in [-0.1, -0.05) is 0 Å². The number of hydrogen-bond donors (Lipinski definition) is 0. The zero-order valence-electron chi connectivity index (χ0n) is 4.51. The largest absolute Gasteiger partial charge is 2.00 e. The molecule has 0 saturated carbocycles. The van der Waals surface area contributed by atoms with Gasteiger partial charge in [-0.05, 0) is 0 Å². The molecule has 0 aromatic rings. The third-order valence-corrected chi connectivity index (χ3v) is 0. The summed E-state index contributed by atoms with van der Waals surface area (Å²) >= 11 is 0. The van der Waals surface area contributed by atoms with Crippen molar-refractivity contribution in [1.82, 2.24) is 0 Å². The van der Waals surface area contributed by atoms with E-state index in [0.717, 1.165) is 5.34 Å². The van der Waals surface area contributed by atoms with E-state index in [1.807, 2.05) is 0 Å². The normalized spacial score (nSPS) is 1.78. The molecule has 0 radical (unpaired) electrons. The molecule has 7 heteroatoms. The Labute approximate surface area is 85.4 Å². The van der Waals surface area contributed by atoms with Crippen LogP contribution in [0.1, 0.15) is 0 Å². The first-order chi connectivity index (χ1) is 3.41. The molecule has 0 aliphatic heterocycles. The topological polar surface area (TPSA) is 100 Å². The molecule has 0 aliphatic rings. The van der Waals surface area contributed by atoms with Crippen LogP contribution in [0.2, 0.25) is 0 Å². The first-order valence-corrected chi connectivity index (χ1v) is 0.812. The second kappa shape index (κ2) is 465. The van der Waals surface area contributed by atoms with Crippen LogP contribution in [-0.4, -0.2) is 0 Å². The molecule has 0 N–H and O–H groups in total. The maximum Gasteiger partial charge on any atom is 2.00 e. The Morgan fingerprint density at radius 3 is 1.22 bits per heavy atom. The zero-order valence-corrected chi connectivity index (χ0v) is 7.62. The number of hydrogen-bond acceptors (Lipinski definition) is 5. The van der Waals surface area contributed by atoms with Crippen molar-refractivity contribution in [2.24, 2.45) is 5.34 Å². The molecule has 5 nitrogen and oxygen atoms in total. The van der Waals surface area contributed by atoms with E-state index in [0.29, 0.717) is 0 Å². The Morgan fingerprint density at radius 2 is 1.22 bits per heavy atom. The Hall–Kier alpha value is -0.101. The van der Waals surface area contributed by atoms with Gasteiger partial charge in [-0.25, -0.2) is 0 Å². The Bertz CT molecular complexity index is 59.3. The molecule has 44 valence electrons. The summed E-state index contributed by atoms with van der Waals surface area (Å²) in [6.07, 6.45) is 0. The average molecular weight is 177 g/mol. The van der Waals surface area contributed by atoms with Crippen molar-refractivity contribution in [3.8, 4) is 0 Å². The number of rotatable bonds is 0. The first kappa shape index (κ1) is 36.5. The fraction of sp³-hybridized carbons (Fsp3) is 0. The fourth-order valence-corrected chi connectivity index (χ4v) is 0. The monoisotopic (exact) mass is 177 g/mol. The Balaban J connectivity index is -0.00000000825. The van der Waals surface area contributed by atoms with E-state index >= 15 is 0 Å². The third-order valence-electron chi connectivity index (χ3n) is 0. The Morgan fingerprint density at radius 1 is 1.22 bits per heavy atom. The van der Waals surface area contributed by atoms with Crippen LogP contribution in [0, 0.1) is 33.8 Å². The van der Waals surface area contributed by atoms with Gasteiger partial charge in [0.15, 0.2) is 0 Å². The SMILES string of the molecule is O=N[O-].[C-]#N.[C-]#N.[Fe+2].[Na+]. The van der Waals surface area contributed by atoms with Gasteiger partial charge in [-0.2, -0.15) is 0 Å². The first-order valence-electron chi connectivity index (χ1n) is 0.812.